The summed E-state index contributed by atoms with van der Waals surface area (Å²) in [5.74, 6) is 2.19. The molecule has 148 valence electrons. The fraction of sp³-hybridized carbons (Fsp3) is 0.944. The highest BCUT2D eigenvalue weighted by Gasteiger charge is 2.33. The van der Waals surface area contributed by atoms with E-state index in [2.05, 4.69) is 66.9 Å². The molecule has 2 fully saturated rings. The van der Waals surface area contributed by atoms with Crippen molar-refractivity contribution < 1.29 is 4.74 Å². The van der Waals surface area contributed by atoms with Crippen molar-refractivity contribution in [2.45, 2.75) is 70.0 Å². The van der Waals surface area contributed by atoms with E-state index in [9.17, 15) is 0 Å². The zero-order chi connectivity index (χ0) is 17.8. The predicted octanol–water partition coefficient (Wildman–Crippen LogP) is 2.94. The third-order valence-electron chi connectivity index (χ3n) is 5.12. The fourth-order valence-corrected chi connectivity index (χ4v) is 4.80. The Bertz CT molecular complexity index is 431. The van der Waals surface area contributed by atoms with Gasteiger partial charge >= 0.3 is 0 Å². The number of nitrogens with one attached hydrogen (secondary N) is 2. The van der Waals surface area contributed by atoms with E-state index in [0.717, 1.165) is 32.1 Å². The van der Waals surface area contributed by atoms with Crippen LogP contribution in [-0.4, -0.2) is 72.3 Å². The van der Waals surface area contributed by atoms with Crippen LogP contribution in [0.25, 0.3) is 0 Å². The van der Waals surface area contributed by atoms with E-state index in [4.69, 9.17) is 4.74 Å². The van der Waals surface area contributed by atoms with Crippen LogP contribution >= 0.6 is 35.7 Å². The average Bonchev–Trinajstić information content (AvgIpc) is 2.93. The molecule has 3 unspecified atom stereocenters. The Morgan fingerprint density at radius 2 is 1.92 bits per heavy atom. The maximum Gasteiger partial charge on any atom is 0.191 e. The summed E-state index contributed by atoms with van der Waals surface area (Å²) < 4.78 is 6.21. The van der Waals surface area contributed by atoms with E-state index in [1.165, 1.54) is 18.6 Å². The first kappa shape index (κ1) is 23.3. The van der Waals surface area contributed by atoms with Crippen molar-refractivity contribution in [3.63, 3.8) is 0 Å². The molecule has 0 radical (unpaired) electrons. The van der Waals surface area contributed by atoms with Crippen molar-refractivity contribution in [1.29, 1.82) is 0 Å². The summed E-state index contributed by atoms with van der Waals surface area (Å²) in [6.07, 6.45) is 3.21. The summed E-state index contributed by atoms with van der Waals surface area (Å²) in [6, 6.07) is 0. The Morgan fingerprint density at radius 1 is 1.28 bits per heavy atom. The molecule has 0 aromatic carbocycles. The van der Waals surface area contributed by atoms with Gasteiger partial charge in [-0.25, -0.2) is 0 Å². The number of hydrogen-bond acceptors (Lipinski definition) is 4. The van der Waals surface area contributed by atoms with E-state index in [1.807, 2.05) is 7.05 Å². The van der Waals surface area contributed by atoms with Gasteiger partial charge in [-0.15, -0.1) is 24.0 Å². The van der Waals surface area contributed by atoms with Crippen molar-refractivity contribution in [2.24, 2.45) is 4.99 Å². The maximum atomic E-state index is 5.86. The lowest BCUT2D eigenvalue weighted by Crippen LogP contribution is -2.59. The zero-order valence-corrected chi connectivity index (χ0v) is 19.9. The largest absolute Gasteiger partial charge is 0.373 e. The van der Waals surface area contributed by atoms with Gasteiger partial charge < -0.3 is 15.4 Å². The predicted molar refractivity (Wildman–Crippen MR) is 121 cm³/mol. The standard InChI is InChI=1S/C18H36N4OS.HI/c1-14-10-22(11-15(2)23-14)17(3,4)12-20-16(19-6)21-13-18(5)8-7-9-24-18;/h14-15H,7-13H2,1-6H3,(H2,19,20,21);1H. The van der Waals surface area contributed by atoms with Gasteiger partial charge in [0, 0.05) is 43.5 Å². The zero-order valence-electron chi connectivity index (χ0n) is 16.7. The van der Waals surface area contributed by atoms with Gasteiger partial charge in [-0.2, -0.15) is 11.8 Å². The quantitative estimate of drug-likeness (QED) is 0.357. The Kier molecular flexibility index (Phi) is 9.31. The number of ether oxygens (including phenoxy) is 1. The van der Waals surface area contributed by atoms with Gasteiger partial charge in [0.15, 0.2) is 5.96 Å². The Hall–Kier alpha value is 0.270. The molecule has 0 aromatic heterocycles. The van der Waals surface area contributed by atoms with Crippen molar-refractivity contribution in [3.05, 3.63) is 0 Å². The molecule has 0 aliphatic carbocycles. The van der Waals surface area contributed by atoms with Crippen LogP contribution in [0.3, 0.4) is 0 Å². The smallest absolute Gasteiger partial charge is 0.191 e. The van der Waals surface area contributed by atoms with Crippen LogP contribution in [0, 0.1) is 0 Å². The van der Waals surface area contributed by atoms with E-state index in [1.54, 1.807) is 0 Å². The van der Waals surface area contributed by atoms with Gasteiger partial charge in [-0.05, 0) is 53.2 Å². The van der Waals surface area contributed by atoms with Crippen LogP contribution in [0.15, 0.2) is 4.99 Å². The number of nitrogens with zero attached hydrogens (tertiary/aromatic N) is 2. The number of thioether (sulfide) groups is 1. The molecular formula is C18H37IN4OS. The molecule has 0 spiro atoms. The van der Waals surface area contributed by atoms with Crippen LogP contribution in [0.2, 0.25) is 0 Å². The Labute approximate surface area is 175 Å². The third-order valence-corrected chi connectivity index (χ3v) is 6.66. The lowest BCUT2D eigenvalue weighted by Gasteiger charge is -2.45. The molecule has 2 N–H and O–H groups in total. The van der Waals surface area contributed by atoms with E-state index in [-0.39, 0.29) is 29.5 Å². The van der Waals surface area contributed by atoms with E-state index < -0.39 is 0 Å². The van der Waals surface area contributed by atoms with Crippen molar-refractivity contribution in [3.8, 4) is 0 Å². The first-order valence-electron chi connectivity index (χ1n) is 9.23. The fourth-order valence-electron chi connectivity index (χ4n) is 3.55. The Morgan fingerprint density at radius 3 is 2.44 bits per heavy atom. The van der Waals surface area contributed by atoms with Gasteiger partial charge in [-0.1, -0.05) is 0 Å². The van der Waals surface area contributed by atoms with Crippen LogP contribution < -0.4 is 10.6 Å². The second-order valence-electron chi connectivity index (χ2n) is 8.16. The minimum atomic E-state index is 0. The number of rotatable bonds is 5. The average molecular weight is 484 g/mol. The van der Waals surface area contributed by atoms with Gasteiger partial charge in [0.05, 0.1) is 12.2 Å². The van der Waals surface area contributed by atoms with Crippen LogP contribution in [0.5, 0.6) is 0 Å². The molecule has 2 aliphatic heterocycles. The van der Waals surface area contributed by atoms with E-state index >= 15 is 0 Å². The summed E-state index contributed by atoms with van der Waals surface area (Å²) in [5, 5.41) is 7.04. The third kappa shape index (κ3) is 7.07. The van der Waals surface area contributed by atoms with Gasteiger partial charge in [0.25, 0.3) is 0 Å². The summed E-state index contributed by atoms with van der Waals surface area (Å²) in [5.41, 5.74) is 0.0654. The number of aliphatic imine (C=N–C) groups is 1. The lowest BCUT2D eigenvalue weighted by molar-refractivity contribution is -0.0946. The molecule has 25 heavy (non-hydrogen) atoms. The van der Waals surface area contributed by atoms with Crippen LogP contribution in [0.4, 0.5) is 0 Å². The molecule has 2 rings (SSSR count). The minimum absolute atomic E-state index is 0. The molecule has 0 amide bonds. The molecule has 2 saturated heterocycles. The topological polar surface area (TPSA) is 48.9 Å². The molecule has 3 atom stereocenters. The number of morpholine rings is 1. The molecule has 5 nitrogen and oxygen atoms in total. The summed E-state index contributed by atoms with van der Waals surface area (Å²) >= 11 is 2.08. The van der Waals surface area contributed by atoms with Gasteiger partial charge in [-0.3, -0.25) is 9.89 Å². The first-order chi connectivity index (χ1) is 11.2. The van der Waals surface area contributed by atoms with Crippen LogP contribution in [-0.2, 0) is 4.74 Å². The summed E-state index contributed by atoms with van der Waals surface area (Å²) in [4.78, 5) is 6.93. The molecule has 0 bridgehead atoms. The monoisotopic (exact) mass is 484 g/mol. The second-order valence-corrected chi connectivity index (χ2v) is 9.84. The van der Waals surface area contributed by atoms with E-state index in [0.29, 0.717) is 17.0 Å². The second kappa shape index (κ2) is 9.99. The normalized spacial score (nSPS) is 31.5. The molecule has 2 heterocycles. The summed E-state index contributed by atoms with van der Waals surface area (Å²) in [7, 11) is 1.85. The highest BCUT2D eigenvalue weighted by molar-refractivity contribution is 14.0. The molecule has 0 saturated carbocycles. The SMILES string of the molecule is CN=C(NCC1(C)CCCS1)NCC(C)(C)N1CC(C)OC(C)C1.I. The lowest BCUT2D eigenvalue weighted by atomic mass is 10.00. The van der Waals surface area contributed by atoms with Gasteiger partial charge in [0.1, 0.15) is 0 Å². The molecule has 0 aromatic rings. The highest BCUT2D eigenvalue weighted by atomic mass is 127. The van der Waals surface area contributed by atoms with Crippen molar-refractivity contribution in [1.82, 2.24) is 15.5 Å². The highest BCUT2D eigenvalue weighted by Crippen LogP contribution is 2.36. The Balaban J connectivity index is 0.00000312. The number of hydrogen-bond donors (Lipinski definition) is 2. The maximum absolute atomic E-state index is 5.86. The number of halogens is 1. The van der Waals surface area contributed by atoms with Crippen molar-refractivity contribution >= 4 is 41.7 Å². The molecule has 7 heteroatoms. The van der Waals surface area contributed by atoms with Crippen LogP contribution in [0.1, 0.15) is 47.5 Å². The number of guanidine groups is 1. The molecule has 2 aliphatic rings. The summed E-state index contributed by atoms with van der Waals surface area (Å²) in [6.45, 7) is 15.1. The molecular weight excluding hydrogens is 447 g/mol. The van der Waals surface area contributed by atoms with Crippen molar-refractivity contribution in [2.75, 3.05) is 39.0 Å². The first-order valence-corrected chi connectivity index (χ1v) is 10.2. The minimum Gasteiger partial charge on any atom is -0.373 e. The van der Waals surface area contributed by atoms with Gasteiger partial charge in [0.2, 0.25) is 0 Å².